The van der Waals surface area contributed by atoms with E-state index in [2.05, 4.69) is 18.7 Å². The van der Waals surface area contributed by atoms with Gasteiger partial charge in [0.05, 0.1) is 0 Å². The maximum Gasteiger partial charge on any atom is 0.0334 e. The maximum absolute atomic E-state index is 6.34. The summed E-state index contributed by atoms with van der Waals surface area (Å²) < 4.78 is 0. The molecule has 122 valence electrons. The van der Waals surface area contributed by atoms with Crippen LogP contribution in [0.25, 0.3) is 0 Å². The van der Waals surface area contributed by atoms with Crippen molar-refractivity contribution in [2.75, 3.05) is 19.6 Å². The first-order valence-corrected chi connectivity index (χ1v) is 9.62. The second-order valence-corrected chi connectivity index (χ2v) is 8.51. The topological polar surface area (TPSA) is 29.3 Å². The Morgan fingerprint density at radius 3 is 2.62 bits per heavy atom. The molecule has 2 nitrogen and oxygen atoms in total. The van der Waals surface area contributed by atoms with Crippen LogP contribution in [0.3, 0.4) is 0 Å². The lowest BCUT2D eigenvalue weighted by atomic mass is 9.74. The first-order chi connectivity index (χ1) is 10.2. The Morgan fingerprint density at radius 1 is 1.19 bits per heavy atom. The molecule has 0 spiro atoms. The van der Waals surface area contributed by atoms with E-state index in [1.165, 1.54) is 70.9 Å². The molecular formula is C19H36N2. The average Bonchev–Trinajstić information content (AvgIpc) is 3.09. The highest BCUT2D eigenvalue weighted by Gasteiger charge is 2.44. The number of rotatable bonds is 6. The molecule has 3 aliphatic rings. The maximum atomic E-state index is 6.34. The number of hydrogen-bond donors (Lipinski definition) is 1. The third-order valence-electron chi connectivity index (χ3n) is 6.95. The van der Waals surface area contributed by atoms with Gasteiger partial charge in [0.1, 0.15) is 0 Å². The second kappa shape index (κ2) is 6.58. The molecule has 3 aliphatic carbocycles. The molecule has 0 radical (unpaired) electrons. The molecule has 5 unspecified atom stereocenters. The summed E-state index contributed by atoms with van der Waals surface area (Å²) >= 11 is 0. The van der Waals surface area contributed by atoms with E-state index in [1.54, 1.807) is 0 Å². The van der Waals surface area contributed by atoms with Gasteiger partial charge in [0.2, 0.25) is 0 Å². The van der Waals surface area contributed by atoms with Gasteiger partial charge in [-0.2, -0.15) is 0 Å². The highest BCUT2D eigenvalue weighted by atomic mass is 15.2. The molecule has 0 saturated heterocycles. The van der Waals surface area contributed by atoms with Crippen molar-refractivity contribution in [3.8, 4) is 0 Å². The van der Waals surface area contributed by atoms with Gasteiger partial charge in [0, 0.05) is 18.6 Å². The van der Waals surface area contributed by atoms with E-state index in [0.29, 0.717) is 5.54 Å². The Morgan fingerprint density at radius 2 is 2.05 bits per heavy atom. The molecule has 0 aromatic rings. The van der Waals surface area contributed by atoms with Crippen molar-refractivity contribution in [3.63, 3.8) is 0 Å². The number of nitrogens with zero attached hydrogens (tertiary/aromatic N) is 1. The third kappa shape index (κ3) is 3.17. The third-order valence-corrected chi connectivity index (χ3v) is 6.95. The van der Waals surface area contributed by atoms with Gasteiger partial charge in [-0.25, -0.2) is 0 Å². The summed E-state index contributed by atoms with van der Waals surface area (Å²) in [5.74, 6) is 3.96. The van der Waals surface area contributed by atoms with Crippen molar-refractivity contribution in [2.45, 2.75) is 77.2 Å². The molecule has 3 fully saturated rings. The molecule has 2 bridgehead atoms. The van der Waals surface area contributed by atoms with E-state index in [9.17, 15) is 0 Å². The van der Waals surface area contributed by atoms with Gasteiger partial charge < -0.3 is 5.73 Å². The summed E-state index contributed by atoms with van der Waals surface area (Å²) in [7, 11) is 0. The van der Waals surface area contributed by atoms with Gasteiger partial charge in [0.15, 0.2) is 0 Å². The standard InChI is InChI=1S/C19H36N2/c1-3-9-21(13-18-11-16-6-7-17(18)10-16)19(14-20)8-4-5-15(2)12-19/h15-18H,3-14,20H2,1-2H3. The molecule has 0 heterocycles. The van der Waals surface area contributed by atoms with Gasteiger partial charge in [-0.1, -0.05) is 33.1 Å². The van der Waals surface area contributed by atoms with Crippen LogP contribution < -0.4 is 5.73 Å². The van der Waals surface area contributed by atoms with Gasteiger partial charge in [-0.3, -0.25) is 4.90 Å². The number of nitrogens with two attached hydrogens (primary N) is 1. The summed E-state index contributed by atoms with van der Waals surface area (Å²) in [6, 6.07) is 0. The highest BCUT2D eigenvalue weighted by Crippen LogP contribution is 2.49. The zero-order valence-corrected chi connectivity index (χ0v) is 14.3. The fraction of sp³-hybridized carbons (Fsp3) is 1.00. The molecule has 21 heavy (non-hydrogen) atoms. The smallest absolute Gasteiger partial charge is 0.0334 e. The van der Waals surface area contributed by atoms with Crippen LogP contribution in [0.15, 0.2) is 0 Å². The Bertz CT molecular complexity index is 342. The first kappa shape index (κ1) is 15.8. The van der Waals surface area contributed by atoms with E-state index in [4.69, 9.17) is 5.73 Å². The first-order valence-electron chi connectivity index (χ1n) is 9.62. The highest BCUT2D eigenvalue weighted by molar-refractivity contribution is 4.99. The van der Waals surface area contributed by atoms with Crippen LogP contribution in [0, 0.1) is 23.7 Å². The van der Waals surface area contributed by atoms with E-state index in [-0.39, 0.29) is 0 Å². The van der Waals surface area contributed by atoms with Crippen LogP contribution in [0.2, 0.25) is 0 Å². The van der Waals surface area contributed by atoms with E-state index < -0.39 is 0 Å². The van der Waals surface area contributed by atoms with Crippen LogP contribution in [0.1, 0.15) is 71.6 Å². The van der Waals surface area contributed by atoms with Crippen molar-refractivity contribution < 1.29 is 0 Å². The van der Waals surface area contributed by atoms with Crippen LogP contribution in [-0.4, -0.2) is 30.1 Å². The summed E-state index contributed by atoms with van der Waals surface area (Å²) in [5, 5.41) is 0. The van der Waals surface area contributed by atoms with Gasteiger partial charge in [-0.05, 0) is 68.7 Å². The minimum Gasteiger partial charge on any atom is -0.329 e. The molecule has 2 N–H and O–H groups in total. The zero-order chi connectivity index (χ0) is 14.9. The Balaban J connectivity index is 1.70. The van der Waals surface area contributed by atoms with Crippen LogP contribution in [0.4, 0.5) is 0 Å². The lowest BCUT2D eigenvalue weighted by Gasteiger charge is -2.49. The number of fused-ring (bicyclic) bond motifs is 2. The van der Waals surface area contributed by atoms with E-state index >= 15 is 0 Å². The molecular weight excluding hydrogens is 256 g/mol. The van der Waals surface area contributed by atoms with E-state index in [0.717, 1.165) is 30.2 Å². The Labute approximate surface area is 131 Å². The molecule has 0 aliphatic heterocycles. The Kier molecular flexibility index (Phi) is 4.95. The lowest BCUT2D eigenvalue weighted by molar-refractivity contribution is 0.0193. The van der Waals surface area contributed by atoms with Crippen LogP contribution in [-0.2, 0) is 0 Å². The quantitative estimate of drug-likeness (QED) is 0.800. The van der Waals surface area contributed by atoms with E-state index in [1.807, 2.05) is 0 Å². The largest absolute Gasteiger partial charge is 0.329 e. The fourth-order valence-electron chi connectivity index (χ4n) is 5.91. The SMILES string of the molecule is CCCN(CC1CC2CCC1C2)C1(CN)CCCC(C)C1. The van der Waals surface area contributed by atoms with Crippen LogP contribution in [0.5, 0.6) is 0 Å². The van der Waals surface area contributed by atoms with Crippen molar-refractivity contribution >= 4 is 0 Å². The molecule has 2 heteroatoms. The molecule has 0 amide bonds. The van der Waals surface area contributed by atoms with Crippen molar-refractivity contribution in [1.82, 2.24) is 4.90 Å². The zero-order valence-electron chi connectivity index (χ0n) is 14.3. The minimum atomic E-state index is 0.329. The predicted molar refractivity (Wildman–Crippen MR) is 90.2 cm³/mol. The predicted octanol–water partition coefficient (Wildman–Crippen LogP) is 4.04. The van der Waals surface area contributed by atoms with Crippen LogP contribution >= 0.6 is 0 Å². The monoisotopic (exact) mass is 292 g/mol. The lowest BCUT2D eigenvalue weighted by Crippen LogP contribution is -2.57. The average molecular weight is 293 g/mol. The van der Waals surface area contributed by atoms with Gasteiger partial charge in [-0.15, -0.1) is 0 Å². The molecule has 3 saturated carbocycles. The molecule has 3 rings (SSSR count). The summed E-state index contributed by atoms with van der Waals surface area (Å²) in [4.78, 5) is 2.86. The molecule has 5 atom stereocenters. The fourth-order valence-corrected chi connectivity index (χ4v) is 5.91. The van der Waals surface area contributed by atoms with Gasteiger partial charge in [0.25, 0.3) is 0 Å². The normalized spacial score (nSPS) is 42.9. The summed E-state index contributed by atoms with van der Waals surface area (Å²) in [6.45, 7) is 8.25. The second-order valence-electron chi connectivity index (χ2n) is 8.51. The summed E-state index contributed by atoms with van der Waals surface area (Å²) in [6.07, 6.45) is 12.8. The van der Waals surface area contributed by atoms with Crippen molar-refractivity contribution in [3.05, 3.63) is 0 Å². The summed E-state index contributed by atoms with van der Waals surface area (Å²) in [5.41, 5.74) is 6.67. The Hall–Kier alpha value is -0.0800. The minimum absolute atomic E-state index is 0.329. The van der Waals surface area contributed by atoms with Gasteiger partial charge >= 0.3 is 0 Å². The molecule has 0 aromatic carbocycles. The molecule has 0 aromatic heterocycles. The van der Waals surface area contributed by atoms with Crippen molar-refractivity contribution in [1.29, 1.82) is 0 Å². The van der Waals surface area contributed by atoms with Crippen molar-refractivity contribution in [2.24, 2.45) is 29.4 Å². The number of hydrogen-bond acceptors (Lipinski definition) is 2.